The second-order valence-corrected chi connectivity index (χ2v) is 8.05. The number of imidazole rings is 1. The number of aryl methyl sites for hydroxylation is 1. The Morgan fingerprint density at radius 2 is 1.74 bits per heavy atom. The molecule has 3 heterocycles. The number of fused-ring (bicyclic) bond motifs is 1. The molecule has 0 unspecified atom stereocenters. The van der Waals surface area contributed by atoms with Crippen molar-refractivity contribution in [2.24, 2.45) is 0 Å². The second-order valence-electron chi connectivity index (χ2n) is 8.05. The van der Waals surface area contributed by atoms with Crippen molar-refractivity contribution in [3.8, 4) is 22.6 Å². The molecule has 5 aromatic rings. The first-order chi connectivity index (χ1) is 16.8. The van der Waals surface area contributed by atoms with E-state index in [1.54, 1.807) is 54.9 Å². The molecule has 35 heavy (non-hydrogen) atoms. The number of pyridine rings is 2. The number of halogens is 3. The smallest absolute Gasteiger partial charge is 0.322 e. The van der Waals surface area contributed by atoms with E-state index in [1.807, 2.05) is 29.7 Å². The van der Waals surface area contributed by atoms with E-state index in [-0.39, 0.29) is 0 Å². The van der Waals surface area contributed by atoms with Crippen molar-refractivity contribution in [1.29, 1.82) is 0 Å². The summed E-state index contributed by atoms with van der Waals surface area (Å²) in [6, 6.07) is 19.5. The van der Waals surface area contributed by atoms with E-state index in [0.29, 0.717) is 33.8 Å². The maximum Gasteiger partial charge on any atom is 0.417 e. The van der Waals surface area contributed by atoms with Crippen LogP contribution in [0.25, 0.3) is 28.2 Å². The largest absolute Gasteiger partial charge is 0.417 e. The third-order valence-corrected chi connectivity index (χ3v) is 5.65. The van der Waals surface area contributed by atoms with E-state index in [0.717, 1.165) is 11.6 Å². The first-order valence-electron chi connectivity index (χ1n) is 10.8. The maximum absolute atomic E-state index is 13.8. The van der Waals surface area contributed by atoms with E-state index in [9.17, 15) is 18.0 Å². The lowest BCUT2D eigenvalue weighted by Crippen LogP contribution is -2.19. The summed E-state index contributed by atoms with van der Waals surface area (Å²) in [5, 5.41) is 2.57. The number of aromatic nitrogens is 3. The average molecular weight is 472 g/mol. The lowest BCUT2D eigenvalue weighted by Gasteiger charge is -2.15. The molecule has 0 saturated heterocycles. The van der Waals surface area contributed by atoms with E-state index in [1.165, 1.54) is 12.1 Å². The zero-order valence-corrected chi connectivity index (χ0v) is 18.5. The van der Waals surface area contributed by atoms with Gasteiger partial charge in [0.1, 0.15) is 5.69 Å². The normalized spacial score (nSPS) is 11.5. The summed E-state index contributed by atoms with van der Waals surface area (Å²) < 4.78 is 43.2. The summed E-state index contributed by atoms with van der Waals surface area (Å²) in [5.74, 6) is -0.232. The summed E-state index contributed by atoms with van der Waals surface area (Å²) in [4.78, 5) is 21.8. The third-order valence-electron chi connectivity index (χ3n) is 5.65. The Labute approximate surface area is 198 Å². The van der Waals surface area contributed by atoms with Gasteiger partial charge in [0, 0.05) is 23.6 Å². The van der Waals surface area contributed by atoms with Crippen molar-refractivity contribution in [3.05, 3.63) is 108 Å². The monoisotopic (exact) mass is 472 g/mol. The van der Waals surface area contributed by atoms with Crippen molar-refractivity contribution >= 4 is 17.1 Å². The minimum absolute atomic E-state index is 0.414. The van der Waals surface area contributed by atoms with Crippen molar-refractivity contribution < 1.29 is 18.0 Å². The fourth-order valence-corrected chi connectivity index (χ4v) is 3.93. The highest BCUT2D eigenvalue weighted by Crippen LogP contribution is 2.36. The molecule has 0 aliphatic rings. The van der Waals surface area contributed by atoms with E-state index in [2.05, 4.69) is 15.3 Å². The van der Waals surface area contributed by atoms with Crippen LogP contribution in [0.15, 0.2) is 91.4 Å². The molecule has 1 amide bonds. The van der Waals surface area contributed by atoms with Gasteiger partial charge >= 0.3 is 6.18 Å². The Bertz CT molecular complexity index is 1520. The van der Waals surface area contributed by atoms with Crippen molar-refractivity contribution in [1.82, 2.24) is 14.4 Å². The lowest BCUT2D eigenvalue weighted by atomic mass is 9.98. The minimum Gasteiger partial charge on any atom is -0.322 e. The van der Waals surface area contributed by atoms with Crippen LogP contribution in [0.5, 0.6) is 0 Å². The minimum atomic E-state index is -4.69. The molecule has 0 atom stereocenters. The molecule has 0 aliphatic heterocycles. The molecule has 0 fully saturated rings. The van der Waals surface area contributed by atoms with Gasteiger partial charge in [-0.05, 0) is 55.0 Å². The number of nitrogens with zero attached hydrogens (tertiary/aromatic N) is 3. The number of anilines is 1. The predicted molar refractivity (Wildman–Crippen MR) is 128 cm³/mol. The Kier molecular flexibility index (Phi) is 5.56. The Morgan fingerprint density at radius 1 is 0.943 bits per heavy atom. The topological polar surface area (TPSA) is 59.3 Å². The Hall–Kier alpha value is -4.46. The van der Waals surface area contributed by atoms with Crippen LogP contribution in [0.3, 0.4) is 0 Å². The maximum atomic E-state index is 13.8. The van der Waals surface area contributed by atoms with Gasteiger partial charge in [-0.2, -0.15) is 13.2 Å². The first kappa shape index (κ1) is 22.3. The van der Waals surface area contributed by atoms with Gasteiger partial charge in [-0.15, -0.1) is 0 Å². The molecule has 0 aliphatic carbocycles. The standard InChI is InChI=1S/C27H19F3N4O/c1-17-7-10-19(11-8-17)33-26(35)21-15-18(9-12-22(21)27(28,29)30)20-5-4-14-34-24(20)16-32-25(34)23-6-2-3-13-31-23/h2-16H,1H3,(H,33,35). The number of carbonyl (C=O) groups is 1. The van der Waals surface area contributed by atoms with Gasteiger partial charge in [-0.3, -0.25) is 14.2 Å². The van der Waals surface area contributed by atoms with E-state index < -0.39 is 23.2 Å². The average Bonchev–Trinajstić information content (AvgIpc) is 3.29. The number of hydrogen-bond donors (Lipinski definition) is 1. The second kappa shape index (κ2) is 8.72. The van der Waals surface area contributed by atoms with Crippen LogP contribution in [0.1, 0.15) is 21.5 Å². The molecule has 0 radical (unpaired) electrons. The van der Waals surface area contributed by atoms with Crippen molar-refractivity contribution in [2.45, 2.75) is 13.1 Å². The highest BCUT2D eigenvalue weighted by Gasteiger charge is 2.35. The van der Waals surface area contributed by atoms with Gasteiger partial charge < -0.3 is 5.32 Å². The van der Waals surface area contributed by atoms with Crippen molar-refractivity contribution in [3.63, 3.8) is 0 Å². The van der Waals surface area contributed by atoms with Crippen LogP contribution in [-0.4, -0.2) is 20.3 Å². The van der Waals surface area contributed by atoms with Crippen LogP contribution in [-0.2, 0) is 6.18 Å². The Morgan fingerprint density at radius 3 is 2.46 bits per heavy atom. The molecular weight excluding hydrogens is 453 g/mol. The number of amides is 1. The summed E-state index contributed by atoms with van der Waals surface area (Å²) in [6.07, 6.45) is 0.427. The van der Waals surface area contributed by atoms with Crippen LogP contribution in [0.4, 0.5) is 18.9 Å². The van der Waals surface area contributed by atoms with Crippen LogP contribution < -0.4 is 5.32 Å². The number of hydrogen-bond acceptors (Lipinski definition) is 3. The van der Waals surface area contributed by atoms with E-state index >= 15 is 0 Å². The lowest BCUT2D eigenvalue weighted by molar-refractivity contribution is -0.137. The third kappa shape index (κ3) is 4.38. The van der Waals surface area contributed by atoms with Gasteiger partial charge in [0.05, 0.1) is 22.8 Å². The highest BCUT2D eigenvalue weighted by atomic mass is 19.4. The molecule has 5 rings (SSSR count). The SMILES string of the molecule is Cc1ccc(NC(=O)c2cc(-c3cccn4c(-c5ccccn5)ncc34)ccc2C(F)(F)F)cc1. The number of carbonyl (C=O) groups excluding carboxylic acids is 1. The van der Waals surface area contributed by atoms with Gasteiger partial charge in [0.15, 0.2) is 5.82 Å². The zero-order valence-electron chi connectivity index (χ0n) is 18.5. The van der Waals surface area contributed by atoms with Gasteiger partial charge in [-0.1, -0.05) is 35.9 Å². The van der Waals surface area contributed by atoms with Crippen molar-refractivity contribution in [2.75, 3.05) is 5.32 Å². The number of rotatable bonds is 4. The van der Waals surface area contributed by atoms with Crippen LogP contribution >= 0.6 is 0 Å². The Balaban J connectivity index is 1.60. The predicted octanol–water partition coefficient (Wildman–Crippen LogP) is 6.64. The molecule has 174 valence electrons. The summed E-state index contributed by atoms with van der Waals surface area (Å²) in [6.45, 7) is 1.88. The molecule has 1 N–H and O–H groups in total. The summed E-state index contributed by atoms with van der Waals surface area (Å²) in [5.41, 5.74) is 2.37. The molecule has 2 aromatic carbocycles. The summed E-state index contributed by atoms with van der Waals surface area (Å²) in [7, 11) is 0. The van der Waals surface area contributed by atoms with Gasteiger partial charge in [0.2, 0.25) is 0 Å². The van der Waals surface area contributed by atoms with Crippen LogP contribution in [0, 0.1) is 6.92 Å². The number of nitrogens with one attached hydrogen (secondary N) is 1. The quantitative estimate of drug-likeness (QED) is 0.319. The molecule has 3 aromatic heterocycles. The highest BCUT2D eigenvalue weighted by molar-refractivity contribution is 6.06. The summed E-state index contributed by atoms with van der Waals surface area (Å²) >= 11 is 0. The fraction of sp³-hybridized carbons (Fsp3) is 0.0741. The van der Waals surface area contributed by atoms with E-state index in [4.69, 9.17) is 0 Å². The van der Waals surface area contributed by atoms with Crippen LogP contribution in [0.2, 0.25) is 0 Å². The molecule has 0 spiro atoms. The molecule has 0 bridgehead atoms. The van der Waals surface area contributed by atoms with Gasteiger partial charge in [-0.25, -0.2) is 4.98 Å². The molecule has 8 heteroatoms. The van der Waals surface area contributed by atoms with Gasteiger partial charge in [0.25, 0.3) is 5.91 Å². The molecular formula is C27H19F3N4O. The molecule has 5 nitrogen and oxygen atoms in total. The fourth-order valence-electron chi connectivity index (χ4n) is 3.93. The zero-order chi connectivity index (χ0) is 24.6. The first-order valence-corrected chi connectivity index (χ1v) is 10.8. The molecule has 0 saturated carbocycles. The number of benzene rings is 2. The number of alkyl halides is 3.